The fourth-order valence-electron chi connectivity index (χ4n) is 5.49. The van der Waals surface area contributed by atoms with Crippen LogP contribution < -0.4 is 10.6 Å². The van der Waals surface area contributed by atoms with E-state index in [-0.39, 0.29) is 17.4 Å². The first-order valence-corrected chi connectivity index (χ1v) is 13.2. The van der Waals surface area contributed by atoms with E-state index in [1.807, 2.05) is 17.0 Å². The molecule has 1 aliphatic heterocycles. The standard InChI is InChI=1S/C27H40ClN3O4/c1-19(32)30-27(21-8-6-5-7-9-21)14-16-31(17-15-27)24(33)23(29-25(34)35-26(2,3)4)18-20-10-12-22(28)13-11-20/h10-13,21,23H,5-9,14-18H2,1-4H3,(H,29,34)(H,30,32)/t23-/m1/s1. The Morgan fingerprint density at radius 2 is 1.69 bits per heavy atom. The lowest BCUT2D eigenvalue weighted by Crippen LogP contribution is -2.61. The minimum Gasteiger partial charge on any atom is -0.444 e. The molecule has 0 bridgehead atoms. The molecule has 0 unspecified atom stereocenters. The van der Waals surface area contributed by atoms with Crippen molar-refractivity contribution in [1.82, 2.24) is 15.5 Å². The van der Waals surface area contributed by atoms with Crippen molar-refractivity contribution in [3.63, 3.8) is 0 Å². The normalized spacial score (nSPS) is 19.5. The molecule has 8 heteroatoms. The summed E-state index contributed by atoms with van der Waals surface area (Å²) in [6, 6.07) is 6.52. The first-order valence-electron chi connectivity index (χ1n) is 12.8. The summed E-state index contributed by atoms with van der Waals surface area (Å²) in [5.74, 6) is 0.301. The van der Waals surface area contributed by atoms with Crippen LogP contribution in [0.3, 0.4) is 0 Å². The summed E-state index contributed by atoms with van der Waals surface area (Å²) in [6.07, 6.45) is 7.05. The summed E-state index contributed by atoms with van der Waals surface area (Å²) < 4.78 is 5.43. The molecule has 1 aromatic rings. The predicted molar refractivity (Wildman–Crippen MR) is 137 cm³/mol. The number of carbonyl (C=O) groups excluding carboxylic acids is 3. The lowest BCUT2D eigenvalue weighted by atomic mass is 9.69. The minimum absolute atomic E-state index is 0.0115. The Bertz CT molecular complexity index is 883. The van der Waals surface area contributed by atoms with Gasteiger partial charge in [0.1, 0.15) is 11.6 Å². The summed E-state index contributed by atoms with van der Waals surface area (Å²) in [5.41, 5.74) is -0.0236. The third-order valence-corrected chi connectivity index (χ3v) is 7.37. The van der Waals surface area contributed by atoms with E-state index < -0.39 is 17.7 Å². The molecule has 3 rings (SSSR count). The number of nitrogens with zero attached hydrogens (tertiary/aromatic N) is 1. The van der Waals surface area contributed by atoms with Crippen LogP contribution in [0.25, 0.3) is 0 Å². The minimum atomic E-state index is -0.756. The fourth-order valence-corrected chi connectivity index (χ4v) is 5.62. The van der Waals surface area contributed by atoms with Crippen molar-refractivity contribution < 1.29 is 19.1 Å². The maximum Gasteiger partial charge on any atom is 0.408 e. The Kier molecular flexibility index (Phi) is 9.08. The molecule has 0 radical (unpaired) electrons. The number of hydrogen-bond acceptors (Lipinski definition) is 4. The number of halogens is 1. The average Bonchev–Trinajstić information content (AvgIpc) is 2.79. The lowest BCUT2D eigenvalue weighted by molar-refractivity contribution is -0.136. The van der Waals surface area contributed by atoms with Gasteiger partial charge in [-0.1, -0.05) is 43.0 Å². The first-order chi connectivity index (χ1) is 16.5. The molecular formula is C27H40ClN3O4. The van der Waals surface area contributed by atoms with Gasteiger partial charge in [-0.15, -0.1) is 0 Å². The van der Waals surface area contributed by atoms with E-state index in [0.29, 0.717) is 30.5 Å². The molecule has 0 aromatic heterocycles. The summed E-state index contributed by atoms with van der Waals surface area (Å²) in [5, 5.41) is 6.69. The van der Waals surface area contributed by atoms with Crippen molar-refractivity contribution in [2.75, 3.05) is 13.1 Å². The second-order valence-electron chi connectivity index (χ2n) is 11.0. The number of alkyl carbamates (subject to hydrolysis) is 1. The van der Waals surface area contributed by atoms with Gasteiger partial charge in [0.25, 0.3) is 0 Å². The first kappa shape index (κ1) is 27.3. The van der Waals surface area contributed by atoms with Gasteiger partial charge < -0.3 is 20.3 Å². The number of amides is 3. The Balaban J connectivity index is 1.73. The quantitative estimate of drug-likeness (QED) is 0.578. The zero-order valence-electron chi connectivity index (χ0n) is 21.5. The molecule has 3 amide bonds. The smallest absolute Gasteiger partial charge is 0.408 e. The van der Waals surface area contributed by atoms with Crippen molar-refractivity contribution in [2.45, 2.75) is 96.2 Å². The van der Waals surface area contributed by atoms with Gasteiger partial charge >= 0.3 is 6.09 Å². The lowest BCUT2D eigenvalue weighted by Gasteiger charge is -2.48. The Labute approximate surface area is 214 Å². The second kappa shape index (κ2) is 11.6. The van der Waals surface area contributed by atoms with Crippen LogP contribution in [0.1, 0.15) is 78.2 Å². The van der Waals surface area contributed by atoms with Gasteiger partial charge in [0.15, 0.2) is 0 Å². The summed E-state index contributed by atoms with van der Waals surface area (Å²) in [6.45, 7) is 8.04. The molecule has 0 spiro atoms. The third kappa shape index (κ3) is 7.86. The molecule has 1 saturated heterocycles. The van der Waals surface area contributed by atoms with Crippen LogP contribution in [0.2, 0.25) is 5.02 Å². The van der Waals surface area contributed by atoms with Gasteiger partial charge in [-0.3, -0.25) is 9.59 Å². The highest BCUT2D eigenvalue weighted by Gasteiger charge is 2.44. The number of carbonyl (C=O) groups is 3. The molecule has 194 valence electrons. The van der Waals surface area contributed by atoms with Crippen molar-refractivity contribution in [3.05, 3.63) is 34.9 Å². The van der Waals surface area contributed by atoms with Crippen LogP contribution in [-0.2, 0) is 20.7 Å². The van der Waals surface area contributed by atoms with Crippen molar-refractivity contribution in [1.29, 1.82) is 0 Å². The van der Waals surface area contributed by atoms with E-state index in [9.17, 15) is 14.4 Å². The molecule has 35 heavy (non-hydrogen) atoms. The van der Waals surface area contributed by atoms with E-state index in [1.54, 1.807) is 39.8 Å². The zero-order chi connectivity index (χ0) is 25.6. The molecule has 1 saturated carbocycles. The molecule has 2 aliphatic rings. The molecule has 1 heterocycles. The molecule has 2 N–H and O–H groups in total. The molecule has 1 atom stereocenters. The number of hydrogen-bond donors (Lipinski definition) is 2. The summed E-state index contributed by atoms with van der Waals surface area (Å²) >= 11 is 6.02. The molecule has 1 aliphatic carbocycles. The maximum absolute atomic E-state index is 13.6. The van der Waals surface area contributed by atoms with E-state index in [2.05, 4.69) is 10.6 Å². The van der Waals surface area contributed by atoms with Crippen LogP contribution in [0.5, 0.6) is 0 Å². The van der Waals surface area contributed by atoms with Crippen LogP contribution >= 0.6 is 11.6 Å². The van der Waals surface area contributed by atoms with Crippen molar-refractivity contribution >= 4 is 29.5 Å². The monoisotopic (exact) mass is 505 g/mol. The number of ether oxygens (including phenoxy) is 1. The number of rotatable bonds is 6. The third-order valence-electron chi connectivity index (χ3n) is 7.12. The highest BCUT2D eigenvalue weighted by Crippen LogP contribution is 2.39. The summed E-state index contributed by atoms with van der Waals surface area (Å²) in [7, 11) is 0. The topological polar surface area (TPSA) is 87.7 Å². The van der Waals surface area contributed by atoms with Crippen LogP contribution in [0.15, 0.2) is 24.3 Å². The van der Waals surface area contributed by atoms with E-state index in [0.717, 1.165) is 31.2 Å². The molecular weight excluding hydrogens is 466 g/mol. The van der Waals surface area contributed by atoms with Gasteiger partial charge in [0, 0.05) is 37.0 Å². The van der Waals surface area contributed by atoms with Crippen molar-refractivity contribution in [3.8, 4) is 0 Å². The Morgan fingerprint density at radius 1 is 1.09 bits per heavy atom. The van der Waals surface area contributed by atoms with Gasteiger partial charge in [0.05, 0.1) is 0 Å². The zero-order valence-corrected chi connectivity index (χ0v) is 22.2. The van der Waals surface area contributed by atoms with E-state index >= 15 is 0 Å². The number of piperidine rings is 1. The Morgan fingerprint density at radius 3 is 2.23 bits per heavy atom. The highest BCUT2D eigenvalue weighted by atomic mass is 35.5. The van der Waals surface area contributed by atoms with Crippen molar-refractivity contribution in [2.24, 2.45) is 5.92 Å². The van der Waals surface area contributed by atoms with E-state index in [1.165, 1.54) is 19.3 Å². The Hall–Kier alpha value is -2.28. The van der Waals surface area contributed by atoms with Crippen LogP contribution in [0, 0.1) is 5.92 Å². The largest absolute Gasteiger partial charge is 0.444 e. The number of likely N-dealkylation sites (tertiary alicyclic amines) is 1. The maximum atomic E-state index is 13.6. The predicted octanol–water partition coefficient (Wildman–Crippen LogP) is 4.85. The van der Waals surface area contributed by atoms with Gasteiger partial charge in [-0.25, -0.2) is 4.79 Å². The van der Waals surface area contributed by atoms with E-state index in [4.69, 9.17) is 16.3 Å². The van der Waals surface area contributed by atoms with Gasteiger partial charge in [-0.2, -0.15) is 0 Å². The second-order valence-corrected chi connectivity index (χ2v) is 11.5. The SMILES string of the molecule is CC(=O)NC1(C2CCCCC2)CCN(C(=O)[C@@H](Cc2ccc(Cl)cc2)NC(=O)OC(C)(C)C)CC1. The van der Waals surface area contributed by atoms with Crippen LogP contribution in [0.4, 0.5) is 4.79 Å². The molecule has 1 aromatic carbocycles. The fraction of sp³-hybridized carbons (Fsp3) is 0.667. The average molecular weight is 506 g/mol. The van der Waals surface area contributed by atoms with Gasteiger partial charge in [-0.05, 0) is 70.1 Å². The van der Waals surface area contributed by atoms with Crippen LogP contribution in [-0.4, -0.2) is 53.1 Å². The highest BCUT2D eigenvalue weighted by molar-refractivity contribution is 6.30. The molecule has 7 nitrogen and oxygen atoms in total. The summed E-state index contributed by atoms with van der Waals surface area (Å²) in [4.78, 5) is 40.1. The number of nitrogens with one attached hydrogen (secondary N) is 2. The number of benzene rings is 1. The molecule has 2 fully saturated rings. The van der Waals surface area contributed by atoms with Gasteiger partial charge in [0.2, 0.25) is 11.8 Å².